The summed E-state index contributed by atoms with van der Waals surface area (Å²) >= 11 is 2.61. The largest absolute Gasteiger partial charge is 0.465 e. The SMILES string of the molecule is CCn1c(SCC(=O)Nc2scc(-c3cc(C)ccc3C)c2C(=O)OC)nnc1-c1cc(-c2ccccc2)nc2ccccc12. The summed E-state index contributed by atoms with van der Waals surface area (Å²) in [6.07, 6.45) is 0. The minimum atomic E-state index is -0.495. The van der Waals surface area contributed by atoms with Crippen molar-refractivity contribution in [2.24, 2.45) is 0 Å². The molecule has 226 valence electrons. The summed E-state index contributed by atoms with van der Waals surface area (Å²) in [5.74, 6) is 0.0416. The molecule has 8 nitrogen and oxygen atoms in total. The Morgan fingerprint density at radius 1 is 0.933 bits per heavy atom. The first kappa shape index (κ1) is 30.2. The standard InChI is InChI=1S/C35H31N5O3S2/c1-5-40-32(26-18-29(23-11-7-6-8-12-23)36-28-14-10-9-13-24(26)28)38-39-35(40)45-20-30(41)37-33-31(34(42)43-4)27(19-44-33)25-17-21(2)15-16-22(25)3/h6-19H,5,20H2,1-4H3,(H,37,41). The number of thiophene rings is 1. The number of thioether (sulfide) groups is 1. The van der Waals surface area contributed by atoms with E-state index in [4.69, 9.17) is 9.72 Å². The maximum absolute atomic E-state index is 13.2. The normalized spacial score (nSPS) is 11.1. The second-order valence-corrected chi connectivity index (χ2v) is 12.3. The van der Waals surface area contributed by atoms with Crippen LogP contribution in [-0.4, -0.2) is 44.5 Å². The van der Waals surface area contributed by atoms with Crippen LogP contribution in [0.4, 0.5) is 5.00 Å². The third-order valence-corrected chi connectivity index (χ3v) is 9.37. The van der Waals surface area contributed by atoms with Gasteiger partial charge >= 0.3 is 5.97 Å². The molecule has 0 unspecified atom stereocenters. The van der Waals surface area contributed by atoms with Crippen molar-refractivity contribution in [1.82, 2.24) is 19.7 Å². The Bertz CT molecular complexity index is 2030. The fourth-order valence-electron chi connectivity index (χ4n) is 5.27. The van der Waals surface area contributed by atoms with Crippen LogP contribution in [0.2, 0.25) is 0 Å². The van der Waals surface area contributed by atoms with Gasteiger partial charge < -0.3 is 14.6 Å². The van der Waals surface area contributed by atoms with Crippen LogP contribution < -0.4 is 5.32 Å². The van der Waals surface area contributed by atoms with Crippen molar-refractivity contribution in [3.63, 3.8) is 0 Å². The topological polar surface area (TPSA) is 99.0 Å². The Hall–Kier alpha value is -4.80. The first-order valence-corrected chi connectivity index (χ1v) is 16.3. The van der Waals surface area contributed by atoms with Crippen molar-refractivity contribution in [3.05, 3.63) is 101 Å². The smallest absolute Gasteiger partial charge is 0.341 e. The number of pyridine rings is 1. The fraction of sp³-hybridized carbons (Fsp3) is 0.171. The number of aromatic nitrogens is 4. The number of carbonyl (C=O) groups is 2. The van der Waals surface area contributed by atoms with E-state index in [9.17, 15) is 9.59 Å². The van der Waals surface area contributed by atoms with Gasteiger partial charge in [-0.3, -0.25) is 4.79 Å². The number of aryl methyl sites for hydroxylation is 2. The Morgan fingerprint density at radius 2 is 1.71 bits per heavy atom. The highest BCUT2D eigenvalue weighted by Gasteiger charge is 2.24. The molecule has 6 aromatic rings. The average Bonchev–Trinajstić information content (AvgIpc) is 3.68. The van der Waals surface area contributed by atoms with E-state index in [0.29, 0.717) is 28.1 Å². The van der Waals surface area contributed by atoms with Gasteiger partial charge in [0, 0.05) is 34.0 Å². The number of benzene rings is 3. The van der Waals surface area contributed by atoms with E-state index in [0.717, 1.165) is 50.0 Å². The Labute approximate surface area is 269 Å². The van der Waals surface area contributed by atoms with Crippen LogP contribution in [0, 0.1) is 13.8 Å². The summed E-state index contributed by atoms with van der Waals surface area (Å²) in [6.45, 7) is 6.65. The molecule has 0 aliphatic heterocycles. The summed E-state index contributed by atoms with van der Waals surface area (Å²) in [4.78, 5) is 31.0. The molecule has 0 saturated heterocycles. The minimum Gasteiger partial charge on any atom is -0.465 e. The molecule has 3 heterocycles. The molecule has 0 atom stereocenters. The number of ether oxygens (including phenoxy) is 1. The third kappa shape index (κ3) is 6.11. The average molecular weight is 634 g/mol. The van der Waals surface area contributed by atoms with Crippen molar-refractivity contribution < 1.29 is 14.3 Å². The number of hydrogen-bond acceptors (Lipinski definition) is 8. The van der Waals surface area contributed by atoms with Crippen molar-refractivity contribution >= 4 is 50.9 Å². The van der Waals surface area contributed by atoms with Gasteiger partial charge in [-0.25, -0.2) is 9.78 Å². The van der Waals surface area contributed by atoms with Gasteiger partial charge in [-0.05, 0) is 44.0 Å². The van der Waals surface area contributed by atoms with Crippen LogP contribution in [0.3, 0.4) is 0 Å². The third-order valence-electron chi connectivity index (χ3n) is 7.51. The Morgan fingerprint density at radius 3 is 2.49 bits per heavy atom. The lowest BCUT2D eigenvalue weighted by molar-refractivity contribution is -0.113. The lowest BCUT2D eigenvalue weighted by atomic mass is 9.97. The number of anilines is 1. The number of hydrogen-bond donors (Lipinski definition) is 1. The number of para-hydroxylation sites is 1. The summed E-state index contributed by atoms with van der Waals surface area (Å²) in [5.41, 5.74) is 7.79. The van der Waals surface area contributed by atoms with Crippen LogP contribution in [-0.2, 0) is 16.1 Å². The molecule has 6 rings (SSSR count). The molecule has 1 N–H and O–H groups in total. The van der Waals surface area contributed by atoms with Crippen molar-refractivity contribution in [1.29, 1.82) is 0 Å². The van der Waals surface area contributed by atoms with E-state index in [-0.39, 0.29) is 11.7 Å². The summed E-state index contributed by atoms with van der Waals surface area (Å²) < 4.78 is 7.12. The van der Waals surface area contributed by atoms with Crippen LogP contribution in [0.25, 0.3) is 44.7 Å². The van der Waals surface area contributed by atoms with Gasteiger partial charge in [-0.1, -0.05) is 84.1 Å². The van der Waals surface area contributed by atoms with Gasteiger partial charge in [-0.15, -0.1) is 21.5 Å². The second-order valence-electron chi connectivity index (χ2n) is 10.5. The highest BCUT2D eigenvalue weighted by molar-refractivity contribution is 7.99. The predicted octanol–water partition coefficient (Wildman–Crippen LogP) is 8.04. The molecule has 10 heteroatoms. The zero-order valence-electron chi connectivity index (χ0n) is 25.3. The highest BCUT2D eigenvalue weighted by Crippen LogP contribution is 2.38. The van der Waals surface area contributed by atoms with Crippen molar-refractivity contribution in [2.45, 2.75) is 32.5 Å². The zero-order chi connectivity index (χ0) is 31.5. The van der Waals surface area contributed by atoms with Crippen LogP contribution >= 0.6 is 23.1 Å². The number of amides is 1. The quantitative estimate of drug-likeness (QED) is 0.127. The number of rotatable bonds is 9. The van der Waals surface area contributed by atoms with Crippen LogP contribution in [0.15, 0.2) is 89.4 Å². The maximum Gasteiger partial charge on any atom is 0.341 e. The zero-order valence-corrected chi connectivity index (χ0v) is 27.0. The van der Waals surface area contributed by atoms with Gasteiger partial charge in [0.25, 0.3) is 0 Å². The van der Waals surface area contributed by atoms with Gasteiger partial charge in [0.05, 0.1) is 24.1 Å². The first-order valence-electron chi connectivity index (χ1n) is 14.5. The molecule has 3 aromatic carbocycles. The van der Waals surface area contributed by atoms with Gasteiger partial charge in [-0.2, -0.15) is 0 Å². The molecule has 0 saturated carbocycles. The molecule has 0 bridgehead atoms. The summed E-state index contributed by atoms with van der Waals surface area (Å²) in [6, 6.07) is 26.2. The first-order chi connectivity index (χ1) is 21.9. The lowest BCUT2D eigenvalue weighted by Crippen LogP contribution is -2.16. The van der Waals surface area contributed by atoms with Crippen molar-refractivity contribution in [3.8, 4) is 33.8 Å². The number of nitrogens with one attached hydrogen (secondary N) is 1. The number of nitrogens with zero attached hydrogens (tertiary/aromatic N) is 4. The molecular formula is C35H31N5O3S2. The molecule has 0 aliphatic rings. The lowest BCUT2D eigenvalue weighted by Gasteiger charge is -2.12. The molecule has 0 fully saturated rings. The van der Waals surface area contributed by atoms with Crippen LogP contribution in [0.1, 0.15) is 28.4 Å². The summed E-state index contributed by atoms with van der Waals surface area (Å²) in [5, 5.41) is 15.9. The molecule has 0 spiro atoms. The van der Waals surface area contributed by atoms with Gasteiger partial charge in [0.2, 0.25) is 5.91 Å². The van der Waals surface area contributed by atoms with E-state index in [1.54, 1.807) is 0 Å². The van der Waals surface area contributed by atoms with E-state index in [1.165, 1.54) is 30.2 Å². The van der Waals surface area contributed by atoms with E-state index >= 15 is 0 Å². The van der Waals surface area contributed by atoms with Gasteiger partial charge in [0.15, 0.2) is 11.0 Å². The molecular weight excluding hydrogens is 603 g/mol. The number of fused-ring (bicyclic) bond motifs is 1. The molecule has 3 aromatic heterocycles. The van der Waals surface area contributed by atoms with E-state index < -0.39 is 5.97 Å². The predicted molar refractivity (Wildman–Crippen MR) is 182 cm³/mol. The van der Waals surface area contributed by atoms with Crippen LogP contribution in [0.5, 0.6) is 0 Å². The molecule has 0 radical (unpaired) electrons. The summed E-state index contributed by atoms with van der Waals surface area (Å²) in [7, 11) is 1.35. The van der Waals surface area contributed by atoms with Crippen molar-refractivity contribution in [2.75, 3.05) is 18.2 Å². The number of methoxy groups -OCH3 is 1. The van der Waals surface area contributed by atoms with Gasteiger partial charge in [0.1, 0.15) is 10.6 Å². The van der Waals surface area contributed by atoms with E-state index in [2.05, 4.69) is 15.5 Å². The Kier molecular flexibility index (Phi) is 8.77. The number of carbonyl (C=O) groups excluding carboxylic acids is 2. The molecule has 0 aliphatic carbocycles. The van der Waals surface area contributed by atoms with E-state index in [1.807, 2.05) is 110 Å². The molecule has 1 amide bonds. The number of esters is 1. The minimum absolute atomic E-state index is 0.0851. The highest BCUT2D eigenvalue weighted by atomic mass is 32.2. The Balaban J connectivity index is 1.27. The maximum atomic E-state index is 13.2. The monoisotopic (exact) mass is 633 g/mol. The molecule has 45 heavy (non-hydrogen) atoms. The fourth-order valence-corrected chi connectivity index (χ4v) is 7.04. The second kappa shape index (κ2) is 13.1.